The Bertz CT molecular complexity index is 2800. The van der Waals surface area contributed by atoms with Gasteiger partial charge in [-0.3, -0.25) is 0 Å². The molecule has 0 saturated carbocycles. The number of fused-ring (bicyclic) bond motifs is 10. The van der Waals surface area contributed by atoms with Crippen LogP contribution in [0, 0.1) is 0 Å². The van der Waals surface area contributed by atoms with Crippen LogP contribution in [0.25, 0.3) is 76.9 Å². The van der Waals surface area contributed by atoms with Gasteiger partial charge in [-0.15, -0.1) is 0 Å². The molecule has 3 nitrogen and oxygen atoms in total. The van der Waals surface area contributed by atoms with E-state index in [4.69, 9.17) is 4.42 Å². The smallest absolute Gasteiger partial charge is 0.136 e. The van der Waals surface area contributed by atoms with Gasteiger partial charge >= 0.3 is 0 Å². The molecule has 2 aromatic heterocycles. The summed E-state index contributed by atoms with van der Waals surface area (Å²) in [5, 5.41) is 7.29. The first-order chi connectivity index (χ1) is 24.2. The van der Waals surface area contributed by atoms with E-state index in [1.807, 2.05) is 6.07 Å². The highest BCUT2D eigenvalue weighted by Gasteiger charge is 2.21. The van der Waals surface area contributed by atoms with Gasteiger partial charge in [-0.25, -0.2) is 0 Å². The molecular weight excluding hydrogens is 597 g/mol. The third kappa shape index (κ3) is 4.29. The van der Waals surface area contributed by atoms with Crippen LogP contribution in [0.2, 0.25) is 0 Å². The van der Waals surface area contributed by atoms with E-state index in [0.717, 1.165) is 28.8 Å². The van der Waals surface area contributed by atoms with E-state index in [1.165, 1.54) is 71.6 Å². The second-order valence-corrected chi connectivity index (χ2v) is 12.9. The number of hydrogen-bond donors (Lipinski definition) is 0. The van der Waals surface area contributed by atoms with Crippen LogP contribution >= 0.6 is 0 Å². The SMILES string of the molecule is C/C1=C\C=C/CN(c2ccc(-c3ccc4c(c3)c3ccccc3n4-c3ccccc3)cc2)c2c1ccc1c2ccc2oc3ccccc3c21. The number of aromatic nitrogens is 1. The molecule has 10 rings (SSSR count). The zero-order valence-corrected chi connectivity index (χ0v) is 27.1. The highest BCUT2D eigenvalue weighted by atomic mass is 16.3. The van der Waals surface area contributed by atoms with Crippen molar-refractivity contribution in [3.63, 3.8) is 0 Å². The molecule has 0 saturated heterocycles. The Morgan fingerprint density at radius 3 is 2.14 bits per heavy atom. The van der Waals surface area contributed by atoms with Crippen LogP contribution in [0.4, 0.5) is 11.4 Å². The third-order valence-corrected chi connectivity index (χ3v) is 10.2. The molecule has 0 amide bonds. The average Bonchev–Trinajstić information content (AvgIpc) is 3.70. The molecule has 9 aromatic rings. The van der Waals surface area contributed by atoms with E-state index >= 15 is 0 Å². The molecule has 232 valence electrons. The molecule has 3 heteroatoms. The molecule has 7 aromatic carbocycles. The van der Waals surface area contributed by atoms with Gasteiger partial charge in [0.1, 0.15) is 11.2 Å². The summed E-state index contributed by atoms with van der Waals surface area (Å²) in [6.07, 6.45) is 6.65. The average molecular weight is 629 g/mol. The van der Waals surface area contributed by atoms with Gasteiger partial charge in [0, 0.05) is 50.4 Å². The van der Waals surface area contributed by atoms with Crippen LogP contribution in [0.15, 0.2) is 168 Å². The predicted molar refractivity (Wildman–Crippen MR) is 207 cm³/mol. The van der Waals surface area contributed by atoms with Crippen molar-refractivity contribution < 1.29 is 4.42 Å². The van der Waals surface area contributed by atoms with Gasteiger partial charge in [0.15, 0.2) is 0 Å². The summed E-state index contributed by atoms with van der Waals surface area (Å²) in [7, 11) is 0. The standard InChI is InChI=1S/C46H32N2O/c1-30-11-9-10-28-47(46-35(30)23-24-37-38(46)25-27-44-45(37)39-15-6-8-17-43(39)49-44)33-21-18-31(19-22-33)32-20-26-42-40(29-32)36-14-5-7-16-41(36)48(42)34-12-3-2-4-13-34/h2-27,29H,28H2,1H3/b10-9-,30-11+. The van der Waals surface area contributed by atoms with Crippen molar-refractivity contribution in [2.45, 2.75) is 6.92 Å². The molecule has 0 fully saturated rings. The molecule has 1 aliphatic heterocycles. The van der Waals surface area contributed by atoms with E-state index in [0.29, 0.717) is 0 Å². The second kappa shape index (κ2) is 10.9. The fraction of sp³-hybridized carbons (Fsp3) is 0.0435. The van der Waals surface area contributed by atoms with Crippen molar-refractivity contribution in [2.24, 2.45) is 0 Å². The Morgan fingerprint density at radius 2 is 1.27 bits per heavy atom. The third-order valence-electron chi connectivity index (χ3n) is 10.2. The Hall–Kier alpha value is -6.32. The van der Waals surface area contributed by atoms with Crippen molar-refractivity contribution in [3.8, 4) is 16.8 Å². The lowest BCUT2D eigenvalue weighted by molar-refractivity contribution is 0.669. The van der Waals surface area contributed by atoms with E-state index in [2.05, 4.69) is 174 Å². The van der Waals surface area contributed by atoms with Crippen molar-refractivity contribution in [3.05, 3.63) is 169 Å². The Morgan fingerprint density at radius 1 is 0.531 bits per heavy atom. The molecule has 3 heterocycles. The van der Waals surface area contributed by atoms with Gasteiger partial charge in [0.2, 0.25) is 0 Å². The second-order valence-electron chi connectivity index (χ2n) is 12.9. The molecular formula is C46H32N2O. The predicted octanol–water partition coefficient (Wildman–Crippen LogP) is 12.6. The first-order valence-electron chi connectivity index (χ1n) is 16.9. The summed E-state index contributed by atoms with van der Waals surface area (Å²) < 4.78 is 8.64. The number of anilines is 2. The zero-order valence-electron chi connectivity index (χ0n) is 27.1. The van der Waals surface area contributed by atoms with Crippen LogP contribution in [-0.4, -0.2) is 11.1 Å². The van der Waals surface area contributed by atoms with Gasteiger partial charge in [0.05, 0.1) is 16.7 Å². The molecule has 0 unspecified atom stereocenters. The number of furan rings is 1. The minimum absolute atomic E-state index is 0.768. The quantitative estimate of drug-likeness (QED) is 0.194. The van der Waals surface area contributed by atoms with Crippen molar-refractivity contribution >= 4 is 71.5 Å². The monoisotopic (exact) mass is 628 g/mol. The Labute approximate surface area is 284 Å². The molecule has 0 aliphatic carbocycles. The molecule has 0 radical (unpaired) electrons. The molecule has 0 spiro atoms. The molecule has 0 atom stereocenters. The zero-order chi connectivity index (χ0) is 32.5. The number of allylic oxidation sites excluding steroid dienone is 3. The molecule has 0 N–H and O–H groups in total. The normalized spacial score (nSPS) is 15.0. The minimum Gasteiger partial charge on any atom is -0.456 e. The van der Waals surface area contributed by atoms with Gasteiger partial charge < -0.3 is 13.9 Å². The van der Waals surface area contributed by atoms with Gasteiger partial charge in [-0.05, 0) is 89.7 Å². The van der Waals surface area contributed by atoms with Crippen LogP contribution in [0.3, 0.4) is 0 Å². The van der Waals surface area contributed by atoms with E-state index < -0.39 is 0 Å². The van der Waals surface area contributed by atoms with Crippen LogP contribution in [0.5, 0.6) is 0 Å². The maximum atomic E-state index is 6.27. The van der Waals surface area contributed by atoms with Gasteiger partial charge in [0.25, 0.3) is 0 Å². The van der Waals surface area contributed by atoms with Gasteiger partial charge in [-0.2, -0.15) is 0 Å². The lowest BCUT2D eigenvalue weighted by atomic mass is 9.94. The fourth-order valence-corrected chi connectivity index (χ4v) is 7.86. The van der Waals surface area contributed by atoms with Crippen molar-refractivity contribution in [1.29, 1.82) is 0 Å². The highest BCUT2D eigenvalue weighted by Crippen LogP contribution is 2.44. The first kappa shape index (κ1) is 27.8. The van der Waals surface area contributed by atoms with E-state index in [9.17, 15) is 0 Å². The maximum Gasteiger partial charge on any atom is 0.136 e. The van der Waals surface area contributed by atoms with Crippen LogP contribution in [-0.2, 0) is 0 Å². The lowest BCUT2D eigenvalue weighted by Crippen LogP contribution is -2.19. The Kier molecular flexibility index (Phi) is 6.16. The van der Waals surface area contributed by atoms with Crippen LogP contribution in [0.1, 0.15) is 12.5 Å². The number of rotatable bonds is 3. The number of benzene rings is 7. The number of hydrogen-bond acceptors (Lipinski definition) is 2. The Balaban J connectivity index is 1.11. The van der Waals surface area contributed by atoms with Crippen molar-refractivity contribution in [2.75, 3.05) is 11.4 Å². The number of nitrogens with zero attached hydrogens (tertiary/aromatic N) is 2. The first-order valence-corrected chi connectivity index (χ1v) is 16.9. The van der Waals surface area contributed by atoms with E-state index in [1.54, 1.807) is 0 Å². The van der Waals surface area contributed by atoms with Crippen LogP contribution < -0.4 is 4.90 Å². The summed E-state index contributed by atoms with van der Waals surface area (Å²) in [6, 6.07) is 52.6. The molecule has 1 aliphatic rings. The summed E-state index contributed by atoms with van der Waals surface area (Å²) in [6.45, 7) is 2.97. The topological polar surface area (TPSA) is 21.3 Å². The van der Waals surface area contributed by atoms with Crippen molar-refractivity contribution in [1.82, 2.24) is 4.57 Å². The van der Waals surface area contributed by atoms with E-state index in [-0.39, 0.29) is 0 Å². The summed E-state index contributed by atoms with van der Waals surface area (Å²) in [5.41, 5.74) is 12.7. The largest absolute Gasteiger partial charge is 0.456 e. The summed E-state index contributed by atoms with van der Waals surface area (Å²) >= 11 is 0. The summed E-state index contributed by atoms with van der Waals surface area (Å²) in [4.78, 5) is 2.46. The maximum absolute atomic E-state index is 6.27. The fourth-order valence-electron chi connectivity index (χ4n) is 7.86. The summed E-state index contributed by atoms with van der Waals surface area (Å²) in [5.74, 6) is 0. The number of para-hydroxylation sites is 3. The molecule has 0 bridgehead atoms. The molecule has 49 heavy (non-hydrogen) atoms. The highest BCUT2D eigenvalue weighted by molar-refractivity contribution is 6.22. The van der Waals surface area contributed by atoms with Gasteiger partial charge in [-0.1, -0.05) is 103 Å². The lowest BCUT2D eigenvalue weighted by Gasteiger charge is -2.29. The minimum atomic E-state index is 0.768.